The number of aliphatic hydroxyl groups is 1. The minimum atomic E-state index is -0.557. The Labute approximate surface area is 122 Å². The summed E-state index contributed by atoms with van der Waals surface area (Å²) in [6.45, 7) is 1.82. The quantitative estimate of drug-likeness (QED) is 0.753. The second kappa shape index (κ2) is 5.35. The maximum atomic E-state index is 9.19. The first-order chi connectivity index (χ1) is 10.1. The molecular formula is C16H18N2O3. The molecule has 0 aliphatic carbocycles. The third kappa shape index (κ3) is 2.99. The third-order valence-corrected chi connectivity index (χ3v) is 3.53. The van der Waals surface area contributed by atoms with Gasteiger partial charge in [-0.05, 0) is 49.6 Å². The predicted octanol–water partition coefficient (Wildman–Crippen LogP) is 2.73. The Morgan fingerprint density at radius 3 is 2.90 bits per heavy atom. The van der Waals surface area contributed by atoms with E-state index < -0.39 is 5.54 Å². The molecule has 0 aliphatic heterocycles. The second-order valence-corrected chi connectivity index (χ2v) is 5.61. The van der Waals surface area contributed by atoms with E-state index in [1.165, 1.54) is 0 Å². The number of aryl methyl sites for hydroxylation is 1. The second-order valence-electron chi connectivity index (χ2n) is 5.61. The van der Waals surface area contributed by atoms with E-state index in [0.717, 1.165) is 23.1 Å². The van der Waals surface area contributed by atoms with Crippen molar-refractivity contribution in [1.29, 1.82) is 0 Å². The highest BCUT2D eigenvalue weighted by Crippen LogP contribution is 2.25. The molecule has 5 nitrogen and oxygen atoms in total. The van der Waals surface area contributed by atoms with Gasteiger partial charge in [0, 0.05) is 5.54 Å². The number of hydrogen-bond donors (Lipinski definition) is 2. The van der Waals surface area contributed by atoms with Crippen molar-refractivity contribution in [3.8, 4) is 11.7 Å². The molecule has 0 saturated carbocycles. The number of benzene rings is 1. The van der Waals surface area contributed by atoms with Gasteiger partial charge in [0.05, 0.1) is 12.9 Å². The summed E-state index contributed by atoms with van der Waals surface area (Å²) in [4.78, 5) is 4.44. The van der Waals surface area contributed by atoms with Crippen molar-refractivity contribution in [1.82, 2.24) is 4.98 Å². The zero-order chi connectivity index (χ0) is 14.9. The van der Waals surface area contributed by atoms with Crippen molar-refractivity contribution < 1.29 is 13.9 Å². The SMILES string of the molecule is C[C@](N)(CO)CCc1ccc2oc(-c3ccco3)nc2c1. The van der Waals surface area contributed by atoms with Crippen LogP contribution < -0.4 is 5.73 Å². The molecule has 0 radical (unpaired) electrons. The number of nitrogens with two attached hydrogens (primary N) is 1. The van der Waals surface area contributed by atoms with Gasteiger partial charge in [0.15, 0.2) is 11.3 Å². The van der Waals surface area contributed by atoms with Crippen LogP contribution in [0.5, 0.6) is 0 Å². The molecule has 3 rings (SSSR count). The lowest BCUT2D eigenvalue weighted by atomic mass is 9.95. The highest BCUT2D eigenvalue weighted by molar-refractivity contribution is 5.76. The Bertz CT molecular complexity index is 729. The topological polar surface area (TPSA) is 85.4 Å². The molecule has 110 valence electrons. The summed E-state index contributed by atoms with van der Waals surface area (Å²) in [7, 11) is 0. The number of hydrogen-bond acceptors (Lipinski definition) is 5. The summed E-state index contributed by atoms with van der Waals surface area (Å²) >= 11 is 0. The fourth-order valence-electron chi connectivity index (χ4n) is 2.14. The first-order valence-electron chi connectivity index (χ1n) is 6.90. The number of fused-ring (bicyclic) bond motifs is 1. The van der Waals surface area contributed by atoms with E-state index in [4.69, 9.17) is 14.6 Å². The van der Waals surface area contributed by atoms with Crippen LogP contribution in [-0.4, -0.2) is 22.2 Å². The van der Waals surface area contributed by atoms with Gasteiger partial charge >= 0.3 is 0 Å². The molecule has 2 aromatic heterocycles. The highest BCUT2D eigenvalue weighted by atomic mass is 16.4. The van der Waals surface area contributed by atoms with Crippen molar-refractivity contribution >= 4 is 11.1 Å². The molecule has 0 amide bonds. The van der Waals surface area contributed by atoms with Crippen LogP contribution in [0.4, 0.5) is 0 Å². The minimum Gasteiger partial charge on any atom is -0.459 e. The molecule has 2 heterocycles. The third-order valence-electron chi connectivity index (χ3n) is 3.53. The van der Waals surface area contributed by atoms with Gasteiger partial charge in [0.25, 0.3) is 5.89 Å². The van der Waals surface area contributed by atoms with E-state index in [-0.39, 0.29) is 6.61 Å². The first kappa shape index (κ1) is 13.9. The standard InChI is InChI=1S/C16H18N2O3/c1-16(17,10-19)7-6-11-4-5-13-12(9-11)18-15(21-13)14-3-2-8-20-14/h2-5,8-9,19H,6-7,10,17H2,1H3/t16-/m1/s1. The van der Waals surface area contributed by atoms with Crippen molar-refractivity contribution in [3.63, 3.8) is 0 Å². The molecule has 0 spiro atoms. The van der Waals surface area contributed by atoms with E-state index in [1.807, 2.05) is 31.2 Å². The zero-order valence-corrected chi connectivity index (χ0v) is 11.9. The molecule has 0 bridgehead atoms. The molecule has 0 fully saturated rings. The van der Waals surface area contributed by atoms with Gasteiger partial charge in [-0.25, -0.2) is 4.98 Å². The molecule has 21 heavy (non-hydrogen) atoms. The van der Waals surface area contributed by atoms with Gasteiger partial charge in [0.2, 0.25) is 0 Å². The van der Waals surface area contributed by atoms with E-state index in [2.05, 4.69) is 4.98 Å². The molecule has 0 aliphatic rings. The number of aromatic nitrogens is 1. The van der Waals surface area contributed by atoms with Gasteiger partial charge in [-0.3, -0.25) is 0 Å². The van der Waals surface area contributed by atoms with Crippen LogP contribution in [-0.2, 0) is 6.42 Å². The van der Waals surface area contributed by atoms with E-state index >= 15 is 0 Å². The van der Waals surface area contributed by atoms with Gasteiger partial charge < -0.3 is 19.7 Å². The average Bonchev–Trinajstić information content (AvgIpc) is 3.13. The normalized spacial score (nSPS) is 14.4. The zero-order valence-electron chi connectivity index (χ0n) is 11.9. The van der Waals surface area contributed by atoms with Crippen LogP contribution in [0.1, 0.15) is 18.9 Å². The Kier molecular flexibility index (Phi) is 3.53. The Hall–Kier alpha value is -2.11. The number of oxazole rings is 1. The maximum absolute atomic E-state index is 9.19. The Morgan fingerprint density at radius 1 is 1.33 bits per heavy atom. The van der Waals surface area contributed by atoms with Crippen molar-refractivity contribution in [2.75, 3.05) is 6.61 Å². The van der Waals surface area contributed by atoms with Crippen LogP contribution in [0.2, 0.25) is 0 Å². The fourth-order valence-corrected chi connectivity index (χ4v) is 2.14. The smallest absolute Gasteiger partial charge is 0.263 e. The monoisotopic (exact) mass is 286 g/mol. The Balaban J connectivity index is 1.83. The first-order valence-corrected chi connectivity index (χ1v) is 6.90. The number of rotatable bonds is 5. The number of nitrogens with zero attached hydrogens (tertiary/aromatic N) is 1. The lowest BCUT2D eigenvalue weighted by Gasteiger charge is -2.21. The summed E-state index contributed by atoms with van der Waals surface area (Å²) < 4.78 is 10.9. The summed E-state index contributed by atoms with van der Waals surface area (Å²) in [5.41, 5.74) is 8.03. The van der Waals surface area contributed by atoms with E-state index in [0.29, 0.717) is 18.1 Å². The molecule has 0 saturated heterocycles. The summed E-state index contributed by atoms with van der Waals surface area (Å²) in [6.07, 6.45) is 3.08. The van der Waals surface area contributed by atoms with Gasteiger partial charge in [-0.15, -0.1) is 0 Å². The van der Waals surface area contributed by atoms with Crippen molar-refractivity contribution in [2.45, 2.75) is 25.3 Å². The van der Waals surface area contributed by atoms with Crippen LogP contribution >= 0.6 is 0 Å². The Morgan fingerprint density at radius 2 is 2.19 bits per heavy atom. The van der Waals surface area contributed by atoms with Crippen LogP contribution in [0, 0.1) is 0 Å². The molecular weight excluding hydrogens is 268 g/mol. The lowest BCUT2D eigenvalue weighted by molar-refractivity contribution is 0.200. The molecule has 1 atom stereocenters. The van der Waals surface area contributed by atoms with Crippen LogP contribution in [0.25, 0.3) is 22.8 Å². The lowest BCUT2D eigenvalue weighted by Crippen LogP contribution is -2.40. The minimum absolute atomic E-state index is 0.0259. The number of furan rings is 1. The van der Waals surface area contributed by atoms with E-state index in [9.17, 15) is 5.11 Å². The summed E-state index contributed by atoms with van der Waals surface area (Å²) in [5, 5.41) is 9.19. The summed E-state index contributed by atoms with van der Waals surface area (Å²) in [6, 6.07) is 9.49. The largest absolute Gasteiger partial charge is 0.459 e. The predicted molar refractivity (Wildman–Crippen MR) is 79.7 cm³/mol. The number of aliphatic hydroxyl groups excluding tert-OH is 1. The van der Waals surface area contributed by atoms with Gasteiger partial charge in [-0.2, -0.15) is 0 Å². The average molecular weight is 286 g/mol. The fraction of sp³-hybridized carbons (Fsp3) is 0.312. The van der Waals surface area contributed by atoms with Crippen LogP contribution in [0.3, 0.4) is 0 Å². The maximum Gasteiger partial charge on any atom is 0.263 e. The van der Waals surface area contributed by atoms with Crippen molar-refractivity contribution in [2.24, 2.45) is 5.73 Å². The molecule has 3 N–H and O–H groups in total. The molecule has 5 heteroatoms. The highest BCUT2D eigenvalue weighted by Gasteiger charge is 2.17. The molecule has 3 aromatic rings. The van der Waals surface area contributed by atoms with Gasteiger partial charge in [-0.1, -0.05) is 6.07 Å². The van der Waals surface area contributed by atoms with Gasteiger partial charge in [0.1, 0.15) is 5.52 Å². The van der Waals surface area contributed by atoms with Crippen LogP contribution in [0.15, 0.2) is 45.4 Å². The molecule has 0 unspecified atom stereocenters. The molecule has 1 aromatic carbocycles. The van der Waals surface area contributed by atoms with Crippen molar-refractivity contribution in [3.05, 3.63) is 42.2 Å². The van der Waals surface area contributed by atoms with E-state index in [1.54, 1.807) is 12.3 Å². The summed E-state index contributed by atoms with van der Waals surface area (Å²) in [5.74, 6) is 1.09.